The van der Waals surface area contributed by atoms with Gasteiger partial charge in [-0.2, -0.15) is 5.26 Å². The van der Waals surface area contributed by atoms with Gasteiger partial charge in [-0.05, 0) is 30.7 Å². The van der Waals surface area contributed by atoms with Gasteiger partial charge in [0.15, 0.2) is 0 Å². The van der Waals surface area contributed by atoms with Crippen LogP contribution >= 0.6 is 0 Å². The molecule has 1 aliphatic heterocycles. The standard InChI is InChI=1S/C23H22N4O3/c1-3-4-13-25-23(29)19(14-24)20-17-7-5-6-8-18(17)21(26-20)27-22(28)15-9-11-16(30-2)12-10-15/h5-12H,3-4,13H2,1-2H3,(H,25,29)(H,26,27,28). The number of hydrogen-bond donors (Lipinski definition) is 2. The van der Waals surface area contributed by atoms with Crippen LogP contribution in [-0.4, -0.2) is 31.3 Å². The lowest BCUT2D eigenvalue weighted by atomic mass is 10.0. The second kappa shape index (κ2) is 9.52. The summed E-state index contributed by atoms with van der Waals surface area (Å²) in [5.74, 6) is 0.129. The zero-order valence-corrected chi connectivity index (χ0v) is 16.9. The van der Waals surface area contributed by atoms with Crippen LogP contribution in [0.4, 0.5) is 0 Å². The molecule has 2 aromatic carbocycles. The number of ether oxygens (including phenoxy) is 1. The molecule has 0 spiro atoms. The van der Waals surface area contributed by atoms with E-state index in [0.29, 0.717) is 34.8 Å². The Morgan fingerprint density at radius 1 is 1.10 bits per heavy atom. The Bertz CT molecular complexity index is 1060. The molecule has 0 bridgehead atoms. The van der Waals surface area contributed by atoms with Crippen molar-refractivity contribution >= 4 is 23.3 Å². The highest BCUT2D eigenvalue weighted by atomic mass is 16.5. The van der Waals surface area contributed by atoms with Crippen molar-refractivity contribution in [3.8, 4) is 11.8 Å². The maximum absolute atomic E-state index is 12.7. The fraction of sp³-hybridized carbons (Fsp3) is 0.217. The molecule has 3 rings (SSSR count). The monoisotopic (exact) mass is 402 g/mol. The second-order valence-corrected chi connectivity index (χ2v) is 6.63. The molecule has 0 saturated carbocycles. The maximum Gasteiger partial charge on any atom is 0.264 e. The molecule has 1 aliphatic rings. The Morgan fingerprint density at radius 3 is 2.43 bits per heavy atom. The first-order valence-corrected chi connectivity index (χ1v) is 9.65. The molecule has 0 atom stereocenters. The lowest BCUT2D eigenvalue weighted by Gasteiger charge is -2.07. The van der Waals surface area contributed by atoms with Crippen LogP contribution in [0.3, 0.4) is 0 Å². The molecule has 30 heavy (non-hydrogen) atoms. The van der Waals surface area contributed by atoms with Crippen molar-refractivity contribution in [1.82, 2.24) is 10.6 Å². The number of unbranched alkanes of at least 4 members (excludes halogenated alkanes) is 1. The van der Waals surface area contributed by atoms with Crippen LogP contribution in [0.2, 0.25) is 0 Å². The van der Waals surface area contributed by atoms with Crippen molar-refractivity contribution in [2.45, 2.75) is 19.8 Å². The van der Waals surface area contributed by atoms with E-state index in [1.165, 1.54) is 0 Å². The number of carbonyl (C=O) groups is 2. The van der Waals surface area contributed by atoms with Crippen molar-refractivity contribution in [3.63, 3.8) is 0 Å². The summed E-state index contributed by atoms with van der Waals surface area (Å²) in [6, 6.07) is 15.8. The van der Waals surface area contributed by atoms with Crippen LogP contribution in [0.1, 0.15) is 41.3 Å². The third kappa shape index (κ3) is 4.39. The number of nitriles is 1. The number of nitrogens with one attached hydrogen (secondary N) is 2. The molecule has 0 fully saturated rings. The molecule has 2 amide bonds. The molecule has 0 saturated heterocycles. The summed E-state index contributed by atoms with van der Waals surface area (Å²) < 4.78 is 5.11. The van der Waals surface area contributed by atoms with E-state index in [9.17, 15) is 14.9 Å². The minimum atomic E-state index is -0.470. The average Bonchev–Trinajstić information content (AvgIpc) is 3.13. The number of fused-ring (bicyclic) bond motifs is 1. The quantitative estimate of drug-likeness (QED) is 0.440. The number of benzene rings is 2. The number of carbonyl (C=O) groups excluding carboxylic acids is 2. The highest BCUT2D eigenvalue weighted by Gasteiger charge is 2.27. The summed E-state index contributed by atoms with van der Waals surface area (Å²) >= 11 is 0. The summed E-state index contributed by atoms with van der Waals surface area (Å²) in [6.45, 7) is 2.51. The lowest BCUT2D eigenvalue weighted by molar-refractivity contribution is -0.117. The van der Waals surface area contributed by atoms with Gasteiger partial charge in [0.2, 0.25) is 0 Å². The van der Waals surface area contributed by atoms with Crippen LogP contribution in [0.5, 0.6) is 5.75 Å². The van der Waals surface area contributed by atoms with Gasteiger partial charge in [-0.15, -0.1) is 0 Å². The first-order valence-electron chi connectivity index (χ1n) is 9.65. The Labute approximate surface area is 175 Å². The van der Waals surface area contributed by atoms with Gasteiger partial charge < -0.3 is 15.4 Å². The SMILES string of the molecule is CCCCNC(=O)C(C#N)=C1N=C(NC(=O)c2ccc(OC)cc2)c2ccccc21. The van der Waals surface area contributed by atoms with E-state index < -0.39 is 5.91 Å². The minimum absolute atomic E-state index is 0.0766. The zero-order valence-electron chi connectivity index (χ0n) is 16.9. The normalized spacial score (nSPS) is 13.6. The molecular formula is C23H22N4O3. The smallest absolute Gasteiger partial charge is 0.264 e. The van der Waals surface area contributed by atoms with Gasteiger partial charge in [0.1, 0.15) is 23.2 Å². The first kappa shape index (κ1) is 20.8. The Morgan fingerprint density at radius 2 is 1.80 bits per heavy atom. The van der Waals surface area contributed by atoms with Gasteiger partial charge in [-0.25, -0.2) is 4.99 Å². The molecule has 0 unspecified atom stereocenters. The molecular weight excluding hydrogens is 380 g/mol. The Balaban J connectivity index is 1.92. The summed E-state index contributed by atoms with van der Waals surface area (Å²) in [5, 5.41) is 15.1. The topological polar surface area (TPSA) is 104 Å². The van der Waals surface area contributed by atoms with Crippen molar-refractivity contribution in [3.05, 3.63) is 70.8 Å². The van der Waals surface area contributed by atoms with Crippen LogP contribution in [-0.2, 0) is 4.79 Å². The molecule has 7 nitrogen and oxygen atoms in total. The third-order valence-corrected chi connectivity index (χ3v) is 4.64. The van der Waals surface area contributed by atoms with Gasteiger partial charge >= 0.3 is 0 Å². The molecule has 2 N–H and O–H groups in total. The molecule has 152 valence electrons. The van der Waals surface area contributed by atoms with Gasteiger partial charge in [0.05, 0.1) is 12.8 Å². The van der Waals surface area contributed by atoms with Crippen LogP contribution < -0.4 is 15.4 Å². The zero-order chi connectivity index (χ0) is 21.5. The van der Waals surface area contributed by atoms with Crippen molar-refractivity contribution in [2.24, 2.45) is 4.99 Å². The number of hydrogen-bond acceptors (Lipinski definition) is 5. The molecule has 1 heterocycles. The molecule has 2 aromatic rings. The predicted molar refractivity (Wildman–Crippen MR) is 114 cm³/mol. The van der Waals surface area contributed by atoms with Crippen molar-refractivity contribution < 1.29 is 14.3 Å². The molecule has 0 aliphatic carbocycles. The van der Waals surface area contributed by atoms with Crippen molar-refractivity contribution in [1.29, 1.82) is 5.26 Å². The Hall–Kier alpha value is -3.92. The maximum atomic E-state index is 12.7. The Kier molecular flexibility index (Phi) is 6.60. The molecule has 0 aromatic heterocycles. The summed E-state index contributed by atoms with van der Waals surface area (Å²) in [7, 11) is 1.55. The number of rotatable bonds is 6. The van der Waals surface area contributed by atoms with Crippen LogP contribution in [0.25, 0.3) is 5.70 Å². The van der Waals surface area contributed by atoms with Gasteiger partial charge in [-0.1, -0.05) is 37.6 Å². The molecule has 0 radical (unpaired) electrons. The lowest BCUT2D eigenvalue weighted by Crippen LogP contribution is -2.30. The number of amides is 2. The van der Waals surface area contributed by atoms with Gasteiger partial charge in [0.25, 0.3) is 11.8 Å². The summed E-state index contributed by atoms with van der Waals surface area (Å²) in [4.78, 5) is 29.6. The number of aliphatic imine (C=N–C) groups is 1. The summed E-state index contributed by atoms with van der Waals surface area (Å²) in [5.41, 5.74) is 1.90. The summed E-state index contributed by atoms with van der Waals surface area (Å²) in [6.07, 6.45) is 1.75. The fourth-order valence-electron chi connectivity index (χ4n) is 3.01. The van der Waals surface area contributed by atoms with E-state index in [2.05, 4.69) is 15.6 Å². The second-order valence-electron chi connectivity index (χ2n) is 6.63. The van der Waals surface area contributed by atoms with E-state index in [-0.39, 0.29) is 17.2 Å². The van der Waals surface area contributed by atoms with Crippen molar-refractivity contribution in [2.75, 3.05) is 13.7 Å². The highest BCUT2D eigenvalue weighted by Crippen LogP contribution is 2.30. The van der Waals surface area contributed by atoms with E-state index in [0.717, 1.165) is 12.8 Å². The van der Waals surface area contributed by atoms with E-state index >= 15 is 0 Å². The van der Waals surface area contributed by atoms with Crippen LogP contribution in [0, 0.1) is 11.3 Å². The third-order valence-electron chi connectivity index (χ3n) is 4.64. The minimum Gasteiger partial charge on any atom is -0.497 e. The van der Waals surface area contributed by atoms with Crippen LogP contribution in [0.15, 0.2) is 59.1 Å². The van der Waals surface area contributed by atoms with E-state index in [1.54, 1.807) is 49.6 Å². The van der Waals surface area contributed by atoms with E-state index in [1.807, 2.05) is 19.1 Å². The first-order chi connectivity index (χ1) is 14.6. The molecule has 7 heteroatoms. The van der Waals surface area contributed by atoms with Gasteiger partial charge in [-0.3, -0.25) is 9.59 Å². The highest BCUT2D eigenvalue weighted by molar-refractivity contribution is 6.20. The number of amidine groups is 1. The van der Waals surface area contributed by atoms with Gasteiger partial charge in [0, 0.05) is 23.2 Å². The fourth-order valence-corrected chi connectivity index (χ4v) is 3.01. The van der Waals surface area contributed by atoms with E-state index in [4.69, 9.17) is 4.74 Å². The number of methoxy groups -OCH3 is 1. The average molecular weight is 402 g/mol. The number of nitrogens with zero attached hydrogens (tertiary/aromatic N) is 2. The predicted octanol–water partition coefficient (Wildman–Crippen LogP) is 3.04. The largest absolute Gasteiger partial charge is 0.497 e.